The van der Waals surface area contributed by atoms with Gasteiger partial charge in [-0.1, -0.05) is 6.07 Å². The molecule has 0 unspecified atom stereocenters. The Hall–Kier alpha value is -2.29. The lowest BCUT2D eigenvalue weighted by molar-refractivity contribution is 0.0790. The first-order valence-corrected chi connectivity index (χ1v) is 10.1. The maximum absolute atomic E-state index is 12.8. The van der Waals surface area contributed by atoms with Gasteiger partial charge in [0.05, 0.1) is 12.0 Å². The lowest BCUT2D eigenvalue weighted by Crippen LogP contribution is -2.32. The lowest BCUT2D eigenvalue weighted by atomic mass is 10.1. The summed E-state index contributed by atoms with van der Waals surface area (Å²) in [6, 6.07) is 11.1. The van der Waals surface area contributed by atoms with Crippen LogP contribution >= 0.6 is 12.4 Å². The van der Waals surface area contributed by atoms with Gasteiger partial charge in [0.2, 0.25) is 0 Å². The molecule has 1 atom stereocenters. The first-order valence-electron chi connectivity index (χ1n) is 8.62. The van der Waals surface area contributed by atoms with Crippen molar-refractivity contribution in [3.8, 4) is 5.75 Å². The summed E-state index contributed by atoms with van der Waals surface area (Å²) in [7, 11) is -2.29. The van der Waals surface area contributed by atoms with Crippen molar-refractivity contribution in [1.82, 2.24) is 4.90 Å². The molecule has 1 heterocycles. The van der Waals surface area contributed by atoms with Crippen molar-refractivity contribution in [3.63, 3.8) is 0 Å². The summed E-state index contributed by atoms with van der Waals surface area (Å²) >= 11 is 0. The second kappa shape index (κ2) is 8.81. The zero-order valence-corrected chi connectivity index (χ0v) is 17.3. The molecule has 0 aromatic heterocycles. The third-order valence-corrected chi connectivity index (χ3v) is 5.98. The number of halogens is 1. The van der Waals surface area contributed by atoms with Crippen molar-refractivity contribution < 1.29 is 17.9 Å². The van der Waals surface area contributed by atoms with Gasteiger partial charge < -0.3 is 15.4 Å². The molecule has 152 valence electrons. The number of ether oxygens (including phenoxy) is 1. The molecule has 2 aromatic rings. The van der Waals surface area contributed by atoms with E-state index in [1.165, 1.54) is 19.2 Å². The average Bonchev–Trinajstić information content (AvgIpc) is 3.08. The fraction of sp³-hybridized carbons (Fsp3) is 0.316. The molecule has 1 aliphatic rings. The molecule has 28 heavy (non-hydrogen) atoms. The number of hydrogen-bond acceptors (Lipinski definition) is 5. The summed E-state index contributed by atoms with van der Waals surface area (Å²) in [4.78, 5) is 14.5. The van der Waals surface area contributed by atoms with E-state index in [4.69, 9.17) is 10.5 Å². The molecule has 9 heteroatoms. The van der Waals surface area contributed by atoms with E-state index in [1.807, 2.05) is 0 Å². The van der Waals surface area contributed by atoms with Crippen molar-refractivity contribution in [3.05, 3.63) is 53.6 Å². The van der Waals surface area contributed by atoms with Crippen LogP contribution in [0.3, 0.4) is 0 Å². The van der Waals surface area contributed by atoms with E-state index in [0.29, 0.717) is 30.1 Å². The van der Waals surface area contributed by atoms with Gasteiger partial charge in [-0.25, -0.2) is 8.42 Å². The van der Waals surface area contributed by atoms with Crippen molar-refractivity contribution in [2.24, 2.45) is 5.73 Å². The highest BCUT2D eigenvalue weighted by molar-refractivity contribution is 7.92. The van der Waals surface area contributed by atoms with Gasteiger partial charge in [0.1, 0.15) is 5.75 Å². The van der Waals surface area contributed by atoms with Gasteiger partial charge in [-0.2, -0.15) is 0 Å². The minimum Gasteiger partial charge on any atom is -0.497 e. The summed E-state index contributed by atoms with van der Waals surface area (Å²) in [5.74, 6) is 0.437. The topological polar surface area (TPSA) is 102 Å². The Morgan fingerprint density at radius 2 is 1.89 bits per heavy atom. The Morgan fingerprint density at radius 1 is 1.21 bits per heavy atom. The van der Waals surface area contributed by atoms with E-state index < -0.39 is 10.0 Å². The van der Waals surface area contributed by atoms with E-state index in [2.05, 4.69) is 4.72 Å². The number of carbonyl (C=O) groups excluding carboxylic acids is 1. The molecule has 1 fully saturated rings. The molecule has 1 amide bonds. The van der Waals surface area contributed by atoms with Crippen LogP contribution in [-0.2, 0) is 10.0 Å². The number of methoxy groups -OCH3 is 1. The highest BCUT2D eigenvalue weighted by atomic mass is 35.5. The Morgan fingerprint density at radius 3 is 2.46 bits per heavy atom. The number of hydrogen-bond donors (Lipinski definition) is 2. The third kappa shape index (κ3) is 4.76. The van der Waals surface area contributed by atoms with Crippen LogP contribution < -0.4 is 15.2 Å². The third-order valence-electron chi connectivity index (χ3n) is 4.60. The number of sulfonamides is 1. The van der Waals surface area contributed by atoms with Crippen LogP contribution in [0.5, 0.6) is 5.75 Å². The summed E-state index contributed by atoms with van der Waals surface area (Å²) in [6.45, 7) is 2.86. The highest BCUT2D eigenvalue weighted by Crippen LogP contribution is 2.23. The Bertz CT molecular complexity index is 948. The van der Waals surface area contributed by atoms with Crippen molar-refractivity contribution in [1.29, 1.82) is 0 Å². The number of likely N-dealkylation sites (tertiary alicyclic amines) is 1. The van der Waals surface area contributed by atoms with Crippen molar-refractivity contribution in [2.75, 3.05) is 24.9 Å². The van der Waals surface area contributed by atoms with Crippen LogP contribution in [0.25, 0.3) is 0 Å². The number of aryl methyl sites for hydroxylation is 1. The molecule has 0 saturated carbocycles. The number of amides is 1. The number of nitrogens with two attached hydrogens (primary N) is 1. The summed E-state index contributed by atoms with van der Waals surface area (Å²) in [5, 5.41) is 0. The number of anilines is 1. The number of benzene rings is 2. The van der Waals surface area contributed by atoms with E-state index in [0.717, 1.165) is 12.0 Å². The number of carbonyl (C=O) groups is 1. The van der Waals surface area contributed by atoms with Crippen LogP contribution in [0.2, 0.25) is 0 Å². The summed E-state index contributed by atoms with van der Waals surface area (Å²) in [6.07, 6.45) is 0.752. The van der Waals surface area contributed by atoms with Crippen LogP contribution in [-0.4, -0.2) is 45.5 Å². The lowest BCUT2D eigenvalue weighted by Gasteiger charge is -2.18. The van der Waals surface area contributed by atoms with E-state index in [-0.39, 0.29) is 29.3 Å². The molecule has 0 aliphatic carbocycles. The van der Waals surface area contributed by atoms with Gasteiger partial charge in [0.15, 0.2) is 0 Å². The minimum absolute atomic E-state index is 0. The number of nitrogens with zero attached hydrogens (tertiary/aromatic N) is 1. The molecule has 7 nitrogen and oxygen atoms in total. The van der Waals surface area contributed by atoms with Gasteiger partial charge in [-0.05, 0) is 55.3 Å². The second-order valence-corrected chi connectivity index (χ2v) is 8.29. The molecule has 3 N–H and O–H groups in total. The van der Waals surface area contributed by atoms with Crippen molar-refractivity contribution in [2.45, 2.75) is 24.3 Å². The molecule has 1 saturated heterocycles. The van der Waals surface area contributed by atoms with Crippen LogP contribution in [0, 0.1) is 6.92 Å². The van der Waals surface area contributed by atoms with Gasteiger partial charge >= 0.3 is 0 Å². The first kappa shape index (κ1) is 22.0. The number of rotatable bonds is 5. The summed E-state index contributed by atoms with van der Waals surface area (Å²) in [5.41, 5.74) is 7.39. The average molecular weight is 426 g/mol. The second-order valence-electron chi connectivity index (χ2n) is 6.61. The zero-order valence-electron chi connectivity index (χ0n) is 15.7. The van der Waals surface area contributed by atoms with Crippen molar-refractivity contribution >= 4 is 34.0 Å². The quantitative estimate of drug-likeness (QED) is 0.765. The summed E-state index contributed by atoms with van der Waals surface area (Å²) < 4.78 is 33.0. The predicted octanol–water partition coefficient (Wildman–Crippen LogP) is 2.40. The Balaban J connectivity index is 0.00000280. The predicted molar refractivity (Wildman–Crippen MR) is 111 cm³/mol. The SMILES string of the molecule is COc1ccc(NS(=O)(=O)c2ccc(C)c(C(=O)N3CC[C@@H](N)C3)c2)cc1.Cl. The van der Waals surface area contributed by atoms with Gasteiger partial charge in [-0.15, -0.1) is 12.4 Å². The smallest absolute Gasteiger partial charge is 0.261 e. The van der Waals surface area contributed by atoms with E-state index in [1.54, 1.807) is 42.2 Å². The van der Waals surface area contributed by atoms with Gasteiger partial charge in [-0.3, -0.25) is 9.52 Å². The molecule has 0 radical (unpaired) electrons. The first-order chi connectivity index (χ1) is 12.8. The van der Waals surface area contributed by atoms with Gasteiger partial charge in [0.25, 0.3) is 15.9 Å². The molecule has 1 aliphatic heterocycles. The maximum atomic E-state index is 12.8. The Kier molecular flexibility index (Phi) is 6.92. The largest absolute Gasteiger partial charge is 0.497 e. The molecule has 0 bridgehead atoms. The molecule has 2 aromatic carbocycles. The highest BCUT2D eigenvalue weighted by Gasteiger charge is 2.26. The Labute approximate surface area is 171 Å². The molecule has 0 spiro atoms. The van der Waals surface area contributed by atoms with Crippen LogP contribution in [0.4, 0.5) is 5.69 Å². The normalized spacial score (nSPS) is 16.4. The monoisotopic (exact) mass is 425 g/mol. The van der Waals surface area contributed by atoms with E-state index in [9.17, 15) is 13.2 Å². The molecular formula is C19H24ClN3O4S. The fourth-order valence-electron chi connectivity index (χ4n) is 3.01. The maximum Gasteiger partial charge on any atom is 0.261 e. The zero-order chi connectivity index (χ0) is 19.6. The standard InChI is InChI=1S/C19H23N3O4S.ClH/c1-13-3-8-17(11-18(13)19(23)22-10-9-14(20)12-22)27(24,25)21-15-4-6-16(26-2)7-5-15;/h3-8,11,14,21H,9-10,12,20H2,1-2H3;1H/t14-;/m1./s1. The molecule has 3 rings (SSSR count). The molecular weight excluding hydrogens is 402 g/mol. The minimum atomic E-state index is -3.83. The van der Waals surface area contributed by atoms with Crippen LogP contribution in [0.1, 0.15) is 22.3 Å². The fourth-order valence-corrected chi connectivity index (χ4v) is 4.10. The van der Waals surface area contributed by atoms with E-state index >= 15 is 0 Å². The van der Waals surface area contributed by atoms with Gasteiger partial charge in [0, 0.05) is 30.4 Å². The van der Waals surface area contributed by atoms with Crippen LogP contribution in [0.15, 0.2) is 47.4 Å². The number of nitrogens with one attached hydrogen (secondary N) is 1.